The highest BCUT2D eigenvalue weighted by Crippen LogP contribution is 2.26. The van der Waals surface area contributed by atoms with Gasteiger partial charge in [0.2, 0.25) is 0 Å². The van der Waals surface area contributed by atoms with Gasteiger partial charge in [0.25, 0.3) is 5.91 Å². The van der Waals surface area contributed by atoms with E-state index < -0.39 is 0 Å². The molecule has 3 nitrogen and oxygen atoms in total. The summed E-state index contributed by atoms with van der Waals surface area (Å²) in [5, 5.41) is 14.3. The lowest BCUT2D eigenvalue weighted by molar-refractivity contribution is 0.0955. The summed E-state index contributed by atoms with van der Waals surface area (Å²) in [5.74, 6) is -0.116. The van der Waals surface area contributed by atoms with Crippen molar-refractivity contribution in [3.63, 3.8) is 0 Å². The predicted octanol–water partition coefficient (Wildman–Crippen LogP) is 4.26. The Morgan fingerprint density at radius 3 is 2.50 bits per heavy atom. The van der Waals surface area contributed by atoms with Crippen LogP contribution in [0.1, 0.15) is 20.8 Å². The first-order valence-electron chi connectivity index (χ1n) is 7.68. The summed E-state index contributed by atoms with van der Waals surface area (Å²) < 4.78 is 0. The van der Waals surface area contributed by atoms with Crippen molar-refractivity contribution in [2.45, 2.75) is 6.42 Å². The van der Waals surface area contributed by atoms with Crippen molar-refractivity contribution >= 4 is 17.2 Å². The maximum absolute atomic E-state index is 12.6. The first-order chi connectivity index (χ1) is 11.8. The van der Waals surface area contributed by atoms with E-state index in [1.165, 1.54) is 4.88 Å². The predicted molar refractivity (Wildman–Crippen MR) is 96.9 cm³/mol. The Labute approximate surface area is 145 Å². The molecule has 3 aromatic rings. The highest BCUT2D eigenvalue weighted by atomic mass is 32.1. The third-order valence-electron chi connectivity index (χ3n) is 3.75. The number of rotatable bonds is 5. The van der Waals surface area contributed by atoms with Crippen molar-refractivity contribution in [1.82, 2.24) is 5.32 Å². The van der Waals surface area contributed by atoms with Crippen LogP contribution in [0.5, 0.6) is 0 Å². The minimum absolute atomic E-state index is 0.116. The Morgan fingerprint density at radius 2 is 1.75 bits per heavy atom. The second-order valence-corrected chi connectivity index (χ2v) is 6.32. The summed E-state index contributed by atoms with van der Waals surface area (Å²) in [5.41, 5.74) is 2.72. The lowest BCUT2D eigenvalue weighted by Gasteiger charge is -2.11. The lowest BCUT2D eigenvalue weighted by atomic mass is 9.95. The smallest absolute Gasteiger partial charge is 0.251 e. The molecule has 1 amide bonds. The monoisotopic (exact) mass is 332 g/mol. The first-order valence-corrected chi connectivity index (χ1v) is 8.56. The zero-order valence-corrected chi connectivity index (χ0v) is 13.8. The van der Waals surface area contributed by atoms with Gasteiger partial charge in [-0.3, -0.25) is 4.79 Å². The fourth-order valence-electron chi connectivity index (χ4n) is 2.58. The van der Waals surface area contributed by atoms with Crippen LogP contribution in [0.2, 0.25) is 0 Å². The van der Waals surface area contributed by atoms with Gasteiger partial charge < -0.3 is 5.32 Å². The molecule has 0 saturated heterocycles. The summed E-state index contributed by atoms with van der Waals surface area (Å²) in [6, 6.07) is 21.0. The van der Waals surface area contributed by atoms with Gasteiger partial charge in [-0.1, -0.05) is 42.5 Å². The average Bonchev–Trinajstić information content (AvgIpc) is 3.15. The van der Waals surface area contributed by atoms with Crippen molar-refractivity contribution in [1.29, 1.82) is 5.26 Å². The third kappa shape index (κ3) is 3.53. The Kier molecular flexibility index (Phi) is 5.05. The van der Waals surface area contributed by atoms with Crippen molar-refractivity contribution in [3.8, 4) is 17.2 Å². The molecule has 0 unspecified atom stereocenters. The molecule has 0 aliphatic carbocycles. The minimum Gasteiger partial charge on any atom is -0.352 e. The molecule has 0 aliphatic rings. The SMILES string of the molecule is N#Cc1ccccc1-c1ccccc1C(=O)NCCc1cccs1. The second-order valence-electron chi connectivity index (χ2n) is 5.29. The van der Waals surface area contributed by atoms with E-state index in [4.69, 9.17) is 0 Å². The molecule has 0 bridgehead atoms. The van der Waals surface area contributed by atoms with E-state index in [0.717, 1.165) is 17.5 Å². The van der Waals surface area contributed by atoms with Gasteiger partial charge in [-0.05, 0) is 35.6 Å². The maximum Gasteiger partial charge on any atom is 0.251 e. The highest BCUT2D eigenvalue weighted by molar-refractivity contribution is 7.09. The van der Waals surface area contributed by atoms with Gasteiger partial charge in [-0.25, -0.2) is 0 Å². The summed E-state index contributed by atoms with van der Waals surface area (Å²) in [6.07, 6.45) is 0.820. The Hall–Kier alpha value is -2.90. The highest BCUT2D eigenvalue weighted by Gasteiger charge is 2.14. The van der Waals surface area contributed by atoms with Crippen molar-refractivity contribution in [2.24, 2.45) is 0 Å². The van der Waals surface area contributed by atoms with Crippen LogP contribution < -0.4 is 5.32 Å². The molecule has 0 spiro atoms. The van der Waals surface area contributed by atoms with Crippen molar-refractivity contribution in [3.05, 3.63) is 82.0 Å². The number of carbonyl (C=O) groups excluding carboxylic acids is 1. The van der Waals surface area contributed by atoms with E-state index in [1.54, 1.807) is 23.5 Å². The molecule has 4 heteroatoms. The molecule has 0 fully saturated rings. The summed E-state index contributed by atoms with van der Waals surface area (Å²) in [4.78, 5) is 13.8. The zero-order chi connectivity index (χ0) is 16.8. The quantitative estimate of drug-likeness (QED) is 0.759. The molecule has 1 N–H and O–H groups in total. The van der Waals surface area contributed by atoms with Gasteiger partial charge in [0.1, 0.15) is 0 Å². The van der Waals surface area contributed by atoms with Crippen LogP contribution in [0.25, 0.3) is 11.1 Å². The summed E-state index contributed by atoms with van der Waals surface area (Å²) in [6.45, 7) is 0.591. The molecule has 24 heavy (non-hydrogen) atoms. The molecule has 0 aliphatic heterocycles. The minimum atomic E-state index is -0.116. The maximum atomic E-state index is 12.6. The van der Waals surface area contributed by atoms with Gasteiger partial charge in [-0.15, -0.1) is 11.3 Å². The first kappa shape index (κ1) is 16.0. The Morgan fingerprint density at radius 1 is 1.00 bits per heavy atom. The standard InChI is InChI=1S/C20H16N2OS/c21-14-15-6-1-2-8-17(15)18-9-3-4-10-19(18)20(23)22-12-11-16-7-5-13-24-16/h1-10,13H,11-12H2,(H,22,23). The van der Waals surface area contributed by atoms with E-state index in [1.807, 2.05) is 47.8 Å². The molecule has 0 saturated carbocycles. The number of benzene rings is 2. The van der Waals surface area contributed by atoms with Gasteiger partial charge in [0, 0.05) is 22.5 Å². The van der Waals surface area contributed by atoms with Gasteiger partial charge in [0.15, 0.2) is 0 Å². The van der Waals surface area contributed by atoms with E-state index in [9.17, 15) is 10.1 Å². The van der Waals surface area contributed by atoms with Gasteiger partial charge in [0.05, 0.1) is 11.6 Å². The van der Waals surface area contributed by atoms with Crippen LogP contribution in [0, 0.1) is 11.3 Å². The second kappa shape index (κ2) is 7.58. The molecule has 0 atom stereocenters. The van der Waals surface area contributed by atoms with Gasteiger partial charge >= 0.3 is 0 Å². The molecule has 1 heterocycles. The van der Waals surface area contributed by atoms with Crippen molar-refractivity contribution in [2.75, 3.05) is 6.54 Å². The molecule has 3 rings (SSSR count). The zero-order valence-electron chi connectivity index (χ0n) is 13.0. The summed E-state index contributed by atoms with van der Waals surface area (Å²) >= 11 is 1.69. The summed E-state index contributed by atoms with van der Waals surface area (Å²) in [7, 11) is 0. The number of hydrogen-bond acceptors (Lipinski definition) is 3. The number of nitriles is 1. The molecule has 0 radical (unpaired) electrons. The van der Waals surface area contributed by atoms with E-state index in [0.29, 0.717) is 17.7 Å². The average molecular weight is 332 g/mol. The van der Waals surface area contributed by atoms with E-state index in [-0.39, 0.29) is 5.91 Å². The number of amides is 1. The third-order valence-corrected chi connectivity index (χ3v) is 4.68. The molecular formula is C20H16N2OS. The number of hydrogen-bond donors (Lipinski definition) is 1. The van der Waals surface area contributed by atoms with Crippen molar-refractivity contribution < 1.29 is 4.79 Å². The van der Waals surface area contributed by atoms with E-state index >= 15 is 0 Å². The van der Waals surface area contributed by atoms with Gasteiger partial charge in [-0.2, -0.15) is 5.26 Å². The van der Waals surface area contributed by atoms with E-state index in [2.05, 4.69) is 17.5 Å². The molecule has 2 aromatic carbocycles. The Balaban J connectivity index is 1.81. The topological polar surface area (TPSA) is 52.9 Å². The number of nitrogens with zero attached hydrogens (tertiary/aromatic N) is 1. The van der Waals surface area contributed by atoms with Crippen LogP contribution >= 0.6 is 11.3 Å². The van der Waals surface area contributed by atoms with Crippen LogP contribution in [0.15, 0.2) is 66.0 Å². The molecule has 1 aromatic heterocycles. The Bertz CT molecular complexity index is 879. The fourth-order valence-corrected chi connectivity index (χ4v) is 3.29. The van der Waals surface area contributed by atoms with Crippen LogP contribution in [0.3, 0.4) is 0 Å². The van der Waals surface area contributed by atoms with Crippen LogP contribution in [0.4, 0.5) is 0 Å². The molecule has 118 valence electrons. The van der Waals surface area contributed by atoms with Crippen LogP contribution in [-0.4, -0.2) is 12.5 Å². The number of thiophene rings is 1. The largest absolute Gasteiger partial charge is 0.352 e. The number of carbonyl (C=O) groups is 1. The molecular weight excluding hydrogens is 316 g/mol. The van der Waals surface area contributed by atoms with Crippen LogP contribution in [-0.2, 0) is 6.42 Å². The fraction of sp³-hybridized carbons (Fsp3) is 0.100. The lowest BCUT2D eigenvalue weighted by Crippen LogP contribution is -2.26. The number of nitrogens with one attached hydrogen (secondary N) is 1. The normalized spacial score (nSPS) is 10.1.